The minimum Gasteiger partial charge on any atom is -0.467 e. The highest BCUT2D eigenvalue weighted by atomic mass is 79.9. The van der Waals surface area contributed by atoms with Crippen molar-refractivity contribution >= 4 is 84.9 Å². The Labute approximate surface area is 234 Å². The molecule has 0 radical (unpaired) electrons. The van der Waals surface area contributed by atoms with E-state index in [4.69, 9.17) is 27.6 Å². The van der Waals surface area contributed by atoms with Crippen molar-refractivity contribution in [2.45, 2.75) is 19.6 Å². The molecule has 37 heavy (non-hydrogen) atoms. The molecule has 11 heteroatoms. The van der Waals surface area contributed by atoms with E-state index in [1.807, 2.05) is 22.8 Å². The molecule has 1 N–H and O–H groups in total. The number of nitrogens with zero attached hydrogens (tertiary/aromatic N) is 2. The van der Waals surface area contributed by atoms with Crippen molar-refractivity contribution in [1.82, 2.24) is 14.8 Å². The Morgan fingerprint density at radius 1 is 1.11 bits per heavy atom. The molecule has 1 aliphatic rings. The molecule has 3 heterocycles. The van der Waals surface area contributed by atoms with Crippen LogP contribution in [0.5, 0.6) is 0 Å². The highest BCUT2D eigenvalue weighted by Crippen LogP contribution is 2.36. The largest absolute Gasteiger partial charge is 0.467 e. The first-order valence-corrected chi connectivity index (χ1v) is 13.4. The highest BCUT2D eigenvalue weighted by molar-refractivity contribution is 9.10. The van der Waals surface area contributed by atoms with E-state index < -0.39 is 5.91 Å². The third-order valence-corrected chi connectivity index (χ3v) is 7.85. The van der Waals surface area contributed by atoms with Crippen molar-refractivity contribution in [1.29, 1.82) is 0 Å². The van der Waals surface area contributed by atoms with Gasteiger partial charge in [0.1, 0.15) is 12.3 Å². The van der Waals surface area contributed by atoms with Gasteiger partial charge in [-0.05, 0) is 65.9 Å². The summed E-state index contributed by atoms with van der Waals surface area (Å²) in [5, 5.41) is 4.06. The number of halogens is 3. The van der Waals surface area contributed by atoms with Crippen LogP contribution in [0.15, 0.2) is 74.8 Å². The van der Waals surface area contributed by atoms with E-state index in [2.05, 4.69) is 21.2 Å². The van der Waals surface area contributed by atoms with Gasteiger partial charge in [0.2, 0.25) is 5.91 Å². The maximum atomic E-state index is 13.1. The number of hydrogen-bond acceptors (Lipinski definition) is 5. The summed E-state index contributed by atoms with van der Waals surface area (Å²) >= 11 is 16.4. The van der Waals surface area contributed by atoms with E-state index in [-0.39, 0.29) is 30.8 Å². The van der Waals surface area contributed by atoms with Gasteiger partial charge in [-0.15, -0.1) is 0 Å². The van der Waals surface area contributed by atoms with Crippen LogP contribution in [0.25, 0.3) is 17.0 Å². The molecule has 188 valence electrons. The highest BCUT2D eigenvalue weighted by Gasteiger charge is 2.35. The van der Waals surface area contributed by atoms with Gasteiger partial charge in [0.05, 0.1) is 34.3 Å². The molecule has 2 aromatic heterocycles. The topological polar surface area (TPSA) is 84.5 Å². The van der Waals surface area contributed by atoms with E-state index in [0.717, 1.165) is 32.7 Å². The molecule has 5 rings (SSSR count). The summed E-state index contributed by atoms with van der Waals surface area (Å²) in [6.45, 7) is 0.447. The zero-order valence-electron chi connectivity index (χ0n) is 19.0. The van der Waals surface area contributed by atoms with Crippen molar-refractivity contribution in [3.63, 3.8) is 0 Å². The number of imide groups is 1. The lowest BCUT2D eigenvalue weighted by atomic mass is 10.1. The van der Waals surface area contributed by atoms with E-state index in [1.165, 1.54) is 4.90 Å². The van der Waals surface area contributed by atoms with E-state index in [9.17, 15) is 14.4 Å². The number of rotatable bonds is 7. The van der Waals surface area contributed by atoms with Crippen molar-refractivity contribution in [2.75, 3.05) is 0 Å². The summed E-state index contributed by atoms with van der Waals surface area (Å²) in [6, 6.07) is 14.2. The summed E-state index contributed by atoms with van der Waals surface area (Å²) in [7, 11) is 0. The first-order valence-electron chi connectivity index (χ1n) is 11.1. The summed E-state index contributed by atoms with van der Waals surface area (Å²) in [6.07, 6.45) is 5.04. The molecular weight excluding hydrogens is 601 g/mol. The molecule has 1 fully saturated rings. The predicted octanol–water partition coefficient (Wildman–Crippen LogP) is 6.86. The fourth-order valence-corrected chi connectivity index (χ4v) is 5.46. The van der Waals surface area contributed by atoms with Gasteiger partial charge in [-0.1, -0.05) is 45.2 Å². The first-order chi connectivity index (χ1) is 17.8. The van der Waals surface area contributed by atoms with Crippen LogP contribution in [0.4, 0.5) is 4.79 Å². The lowest BCUT2D eigenvalue weighted by Gasteiger charge is -2.12. The second-order valence-electron chi connectivity index (χ2n) is 8.25. The van der Waals surface area contributed by atoms with Crippen molar-refractivity contribution < 1.29 is 18.8 Å². The predicted molar refractivity (Wildman–Crippen MR) is 148 cm³/mol. The zero-order valence-corrected chi connectivity index (χ0v) is 23.0. The van der Waals surface area contributed by atoms with Gasteiger partial charge in [0, 0.05) is 27.1 Å². The Morgan fingerprint density at radius 3 is 2.70 bits per heavy atom. The number of furan rings is 1. The van der Waals surface area contributed by atoms with Gasteiger partial charge < -0.3 is 14.3 Å². The molecule has 0 unspecified atom stereocenters. The smallest absolute Gasteiger partial charge is 0.293 e. The first kappa shape index (κ1) is 25.7. The van der Waals surface area contributed by atoms with Gasteiger partial charge in [0.15, 0.2) is 0 Å². The maximum absolute atomic E-state index is 13.1. The van der Waals surface area contributed by atoms with Crippen LogP contribution < -0.4 is 5.32 Å². The normalized spacial score (nSPS) is 14.8. The summed E-state index contributed by atoms with van der Waals surface area (Å²) in [5.41, 5.74) is 2.23. The van der Waals surface area contributed by atoms with Crippen LogP contribution in [0, 0.1) is 0 Å². The number of fused-ring (bicyclic) bond motifs is 1. The fraction of sp³-hybridized carbons (Fsp3) is 0.115. The summed E-state index contributed by atoms with van der Waals surface area (Å²) in [4.78, 5) is 39.9. The van der Waals surface area contributed by atoms with Crippen LogP contribution in [-0.4, -0.2) is 26.5 Å². The number of carbonyl (C=O) groups is 3. The fourth-order valence-electron chi connectivity index (χ4n) is 3.95. The molecule has 1 saturated heterocycles. The molecule has 0 aliphatic carbocycles. The van der Waals surface area contributed by atoms with E-state index >= 15 is 0 Å². The van der Waals surface area contributed by atoms with E-state index in [0.29, 0.717) is 26.3 Å². The van der Waals surface area contributed by atoms with Crippen LogP contribution in [0.3, 0.4) is 0 Å². The number of aromatic nitrogens is 1. The Bertz CT molecular complexity index is 1570. The molecule has 0 saturated carbocycles. The number of nitrogens with one attached hydrogen (secondary N) is 1. The number of amides is 3. The molecule has 1 aliphatic heterocycles. The van der Waals surface area contributed by atoms with Crippen LogP contribution in [0.1, 0.15) is 16.9 Å². The van der Waals surface area contributed by atoms with Gasteiger partial charge in [0.25, 0.3) is 11.1 Å². The third kappa shape index (κ3) is 5.65. The number of thioether (sulfide) groups is 1. The quantitative estimate of drug-likeness (QED) is 0.229. The summed E-state index contributed by atoms with van der Waals surface area (Å²) < 4.78 is 7.92. The molecule has 0 atom stereocenters. The molecule has 4 aromatic rings. The van der Waals surface area contributed by atoms with Crippen molar-refractivity contribution in [3.05, 3.63) is 97.3 Å². The lowest BCUT2D eigenvalue weighted by Crippen LogP contribution is -2.27. The van der Waals surface area contributed by atoms with Crippen LogP contribution in [-0.2, 0) is 29.2 Å². The Hall–Kier alpha value is -2.98. The third-order valence-electron chi connectivity index (χ3n) is 5.71. The standard InChI is InChI=1S/C26H18BrCl2N3O4S/c27-17-4-6-22-19(10-17)16(13-31(22)14-24(33)30-11-18-2-1-7-36-18)9-23-25(34)32(26(35)37-23)12-15-3-5-20(28)21(29)8-15/h1-10,13H,11-12,14H2,(H,30,33)/b23-9-. The van der Waals surface area contributed by atoms with Crippen LogP contribution >= 0.6 is 50.9 Å². The van der Waals surface area contributed by atoms with Crippen molar-refractivity contribution in [3.8, 4) is 0 Å². The minimum absolute atomic E-state index is 0.0749. The minimum atomic E-state index is -0.395. The Kier molecular flexibility index (Phi) is 7.48. The molecular formula is C26H18BrCl2N3O4S. The van der Waals surface area contributed by atoms with Gasteiger partial charge in [-0.2, -0.15) is 0 Å². The molecule has 3 amide bonds. The van der Waals surface area contributed by atoms with Gasteiger partial charge in [-0.3, -0.25) is 19.3 Å². The maximum Gasteiger partial charge on any atom is 0.293 e. The van der Waals surface area contributed by atoms with Gasteiger partial charge >= 0.3 is 0 Å². The number of hydrogen-bond donors (Lipinski definition) is 1. The van der Waals surface area contributed by atoms with Crippen LogP contribution in [0.2, 0.25) is 10.0 Å². The molecule has 7 nitrogen and oxygen atoms in total. The average molecular weight is 619 g/mol. The monoisotopic (exact) mass is 617 g/mol. The molecule has 0 bridgehead atoms. The second-order valence-corrected chi connectivity index (χ2v) is 11.0. The average Bonchev–Trinajstić information content (AvgIpc) is 3.56. The summed E-state index contributed by atoms with van der Waals surface area (Å²) in [5.74, 6) is 0.0739. The Morgan fingerprint density at radius 2 is 1.95 bits per heavy atom. The van der Waals surface area contributed by atoms with E-state index in [1.54, 1.807) is 48.9 Å². The molecule has 2 aromatic carbocycles. The second kappa shape index (κ2) is 10.8. The van der Waals surface area contributed by atoms with Gasteiger partial charge in [-0.25, -0.2) is 0 Å². The zero-order chi connectivity index (χ0) is 26.1. The molecule has 0 spiro atoms. The lowest BCUT2D eigenvalue weighted by molar-refractivity contribution is -0.123. The number of benzene rings is 2. The Balaban J connectivity index is 1.39. The van der Waals surface area contributed by atoms with Crippen molar-refractivity contribution in [2.24, 2.45) is 0 Å². The SMILES string of the molecule is O=C(Cn1cc(/C=C2\SC(=O)N(Cc3ccc(Cl)c(Cl)c3)C2=O)c2cc(Br)ccc21)NCc1ccco1. The number of carbonyl (C=O) groups excluding carboxylic acids is 3.